The lowest BCUT2D eigenvalue weighted by Crippen LogP contribution is -2.17. The Bertz CT molecular complexity index is 367. The minimum absolute atomic E-state index is 0.200. The molecule has 1 fully saturated rings. The van der Waals surface area contributed by atoms with E-state index in [4.69, 9.17) is 0 Å². The summed E-state index contributed by atoms with van der Waals surface area (Å²) < 4.78 is 29.4. The first-order chi connectivity index (χ1) is 7.65. The SMILES string of the molecule is FC(F)Oc1cc(Br)cc(N2CCCC2)c1. The molecule has 1 aromatic carbocycles. The van der Waals surface area contributed by atoms with Crippen molar-refractivity contribution in [1.29, 1.82) is 0 Å². The highest BCUT2D eigenvalue weighted by Gasteiger charge is 2.14. The lowest BCUT2D eigenvalue weighted by atomic mass is 10.3. The van der Waals surface area contributed by atoms with Crippen LogP contribution < -0.4 is 9.64 Å². The molecule has 2 nitrogen and oxygen atoms in total. The minimum atomic E-state index is -2.78. The quantitative estimate of drug-likeness (QED) is 0.843. The molecular formula is C11H12BrF2NO. The molecule has 0 saturated carbocycles. The van der Waals surface area contributed by atoms with Crippen molar-refractivity contribution in [2.75, 3.05) is 18.0 Å². The van der Waals surface area contributed by atoms with E-state index in [0.717, 1.165) is 36.1 Å². The van der Waals surface area contributed by atoms with E-state index in [1.54, 1.807) is 12.1 Å². The highest BCUT2D eigenvalue weighted by Crippen LogP contribution is 2.30. The fraction of sp³-hybridized carbons (Fsp3) is 0.455. The van der Waals surface area contributed by atoms with Gasteiger partial charge in [-0.3, -0.25) is 0 Å². The molecule has 0 atom stereocenters. The van der Waals surface area contributed by atoms with Crippen molar-refractivity contribution in [3.05, 3.63) is 22.7 Å². The van der Waals surface area contributed by atoms with Crippen molar-refractivity contribution in [1.82, 2.24) is 0 Å². The minimum Gasteiger partial charge on any atom is -0.435 e. The molecule has 0 amide bonds. The van der Waals surface area contributed by atoms with Gasteiger partial charge in [0.15, 0.2) is 0 Å². The number of ether oxygens (including phenoxy) is 1. The summed E-state index contributed by atoms with van der Waals surface area (Å²) in [5.41, 5.74) is 0.933. The summed E-state index contributed by atoms with van der Waals surface area (Å²) in [7, 11) is 0. The maximum absolute atomic E-state index is 12.1. The highest BCUT2D eigenvalue weighted by molar-refractivity contribution is 9.10. The summed E-state index contributed by atoms with van der Waals surface area (Å²) in [6, 6.07) is 5.12. The number of halogens is 3. The third-order valence-electron chi connectivity index (χ3n) is 2.55. The molecule has 2 rings (SSSR count). The number of benzene rings is 1. The van der Waals surface area contributed by atoms with Crippen LogP contribution in [0.25, 0.3) is 0 Å². The van der Waals surface area contributed by atoms with Crippen molar-refractivity contribution in [2.24, 2.45) is 0 Å². The van der Waals surface area contributed by atoms with Gasteiger partial charge in [0.2, 0.25) is 0 Å². The maximum Gasteiger partial charge on any atom is 0.387 e. The Kier molecular flexibility index (Phi) is 3.63. The van der Waals surface area contributed by atoms with E-state index in [-0.39, 0.29) is 5.75 Å². The zero-order chi connectivity index (χ0) is 11.5. The summed E-state index contributed by atoms with van der Waals surface area (Å²) in [6.07, 6.45) is 2.30. The lowest BCUT2D eigenvalue weighted by molar-refractivity contribution is -0.0498. The molecule has 0 radical (unpaired) electrons. The Labute approximate surface area is 101 Å². The Balaban J connectivity index is 2.20. The first-order valence-corrected chi connectivity index (χ1v) is 5.95. The summed E-state index contributed by atoms with van der Waals surface area (Å²) in [4.78, 5) is 2.17. The summed E-state index contributed by atoms with van der Waals surface area (Å²) >= 11 is 3.30. The van der Waals surface area contributed by atoms with Crippen LogP contribution in [0.15, 0.2) is 22.7 Å². The van der Waals surface area contributed by atoms with Crippen LogP contribution in [-0.2, 0) is 0 Å². The second-order valence-corrected chi connectivity index (χ2v) is 4.63. The molecule has 88 valence electrons. The van der Waals surface area contributed by atoms with Crippen LogP contribution in [0, 0.1) is 0 Å². The fourth-order valence-corrected chi connectivity index (χ4v) is 2.34. The predicted molar refractivity (Wildman–Crippen MR) is 62.2 cm³/mol. The van der Waals surface area contributed by atoms with Crippen molar-refractivity contribution >= 4 is 21.6 Å². The van der Waals surface area contributed by atoms with Crippen LogP contribution in [0.5, 0.6) is 5.75 Å². The number of nitrogens with zero attached hydrogens (tertiary/aromatic N) is 1. The largest absolute Gasteiger partial charge is 0.435 e. The molecule has 5 heteroatoms. The van der Waals surface area contributed by atoms with E-state index in [1.807, 2.05) is 6.07 Å². The van der Waals surface area contributed by atoms with Gasteiger partial charge < -0.3 is 9.64 Å². The number of alkyl halides is 2. The molecule has 0 aromatic heterocycles. The lowest BCUT2D eigenvalue weighted by Gasteiger charge is -2.19. The van der Waals surface area contributed by atoms with Crippen molar-refractivity contribution in [3.8, 4) is 5.75 Å². The van der Waals surface area contributed by atoms with E-state index < -0.39 is 6.61 Å². The van der Waals surface area contributed by atoms with Crippen LogP contribution in [0.4, 0.5) is 14.5 Å². The van der Waals surface area contributed by atoms with E-state index >= 15 is 0 Å². The Hall–Kier alpha value is -0.840. The molecule has 0 bridgehead atoms. The second kappa shape index (κ2) is 4.99. The zero-order valence-electron chi connectivity index (χ0n) is 8.63. The molecule has 1 heterocycles. The number of rotatable bonds is 3. The van der Waals surface area contributed by atoms with E-state index in [1.165, 1.54) is 0 Å². The van der Waals surface area contributed by atoms with Gasteiger partial charge in [-0.05, 0) is 25.0 Å². The molecule has 0 aliphatic carbocycles. The number of hydrogen-bond acceptors (Lipinski definition) is 2. The van der Waals surface area contributed by atoms with Gasteiger partial charge >= 0.3 is 6.61 Å². The Morgan fingerprint density at radius 2 is 1.88 bits per heavy atom. The Morgan fingerprint density at radius 1 is 1.19 bits per heavy atom. The van der Waals surface area contributed by atoms with Crippen molar-refractivity contribution < 1.29 is 13.5 Å². The monoisotopic (exact) mass is 291 g/mol. The highest BCUT2D eigenvalue weighted by atomic mass is 79.9. The Morgan fingerprint density at radius 3 is 2.50 bits per heavy atom. The van der Waals surface area contributed by atoms with E-state index in [2.05, 4.69) is 25.6 Å². The molecule has 0 N–H and O–H groups in total. The third-order valence-corrected chi connectivity index (χ3v) is 3.01. The van der Waals surface area contributed by atoms with Crippen LogP contribution in [0.3, 0.4) is 0 Å². The van der Waals surface area contributed by atoms with Crippen LogP contribution in [0.1, 0.15) is 12.8 Å². The summed E-state index contributed by atoms with van der Waals surface area (Å²) in [5, 5.41) is 0. The van der Waals surface area contributed by atoms with Gasteiger partial charge in [0.1, 0.15) is 5.75 Å². The first kappa shape index (κ1) is 11.6. The van der Waals surface area contributed by atoms with Gasteiger partial charge in [-0.1, -0.05) is 15.9 Å². The molecule has 1 aliphatic heterocycles. The standard InChI is InChI=1S/C11H12BrF2NO/c12-8-5-9(15-3-1-2-4-15)7-10(6-8)16-11(13)14/h5-7,11H,1-4H2. The molecule has 16 heavy (non-hydrogen) atoms. The topological polar surface area (TPSA) is 12.5 Å². The van der Waals surface area contributed by atoms with Gasteiger partial charge in [-0.25, -0.2) is 0 Å². The molecule has 1 aliphatic rings. The fourth-order valence-electron chi connectivity index (χ4n) is 1.88. The van der Waals surface area contributed by atoms with Crippen LogP contribution in [0.2, 0.25) is 0 Å². The zero-order valence-corrected chi connectivity index (χ0v) is 10.2. The molecule has 1 aromatic rings. The van der Waals surface area contributed by atoms with Crippen LogP contribution >= 0.6 is 15.9 Å². The van der Waals surface area contributed by atoms with Crippen molar-refractivity contribution in [3.63, 3.8) is 0 Å². The van der Waals surface area contributed by atoms with Gasteiger partial charge in [-0.2, -0.15) is 8.78 Å². The average Bonchev–Trinajstić information content (AvgIpc) is 2.67. The van der Waals surface area contributed by atoms with Crippen LogP contribution in [-0.4, -0.2) is 19.7 Å². The predicted octanol–water partition coefficient (Wildman–Crippen LogP) is 3.65. The number of hydrogen-bond donors (Lipinski definition) is 0. The average molecular weight is 292 g/mol. The van der Waals surface area contributed by atoms with Gasteiger partial charge in [0.25, 0.3) is 0 Å². The van der Waals surface area contributed by atoms with Gasteiger partial charge in [-0.15, -0.1) is 0 Å². The molecule has 1 saturated heterocycles. The van der Waals surface area contributed by atoms with Gasteiger partial charge in [0.05, 0.1) is 0 Å². The smallest absolute Gasteiger partial charge is 0.387 e. The summed E-state index contributed by atoms with van der Waals surface area (Å²) in [5.74, 6) is 0.200. The second-order valence-electron chi connectivity index (χ2n) is 3.72. The normalized spacial score (nSPS) is 15.9. The maximum atomic E-state index is 12.1. The number of anilines is 1. The molecule has 0 spiro atoms. The summed E-state index contributed by atoms with van der Waals surface area (Å²) in [6.45, 7) is -0.824. The first-order valence-electron chi connectivity index (χ1n) is 5.15. The third kappa shape index (κ3) is 2.84. The van der Waals surface area contributed by atoms with E-state index in [0.29, 0.717) is 0 Å². The van der Waals surface area contributed by atoms with Crippen molar-refractivity contribution in [2.45, 2.75) is 19.5 Å². The molecule has 0 unspecified atom stereocenters. The van der Waals surface area contributed by atoms with E-state index in [9.17, 15) is 8.78 Å². The molecular weight excluding hydrogens is 280 g/mol. The van der Waals surface area contributed by atoms with Gasteiger partial charge in [0, 0.05) is 29.3 Å².